The van der Waals surface area contributed by atoms with Gasteiger partial charge in [-0.05, 0) is 12.8 Å². The fourth-order valence-corrected chi connectivity index (χ4v) is 1.94. The summed E-state index contributed by atoms with van der Waals surface area (Å²) in [7, 11) is 3.26. The molecule has 1 saturated carbocycles. The molecule has 0 aromatic heterocycles. The molecule has 72 valence electrons. The summed E-state index contributed by atoms with van der Waals surface area (Å²) in [6.07, 6.45) is 3.89. The van der Waals surface area contributed by atoms with E-state index in [2.05, 4.69) is 0 Å². The molecule has 1 aliphatic rings. The van der Waals surface area contributed by atoms with Crippen molar-refractivity contribution in [2.45, 2.75) is 37.4 Å². The molecule has 0 aromatic carbocycles. The van der Waals surface area contributed by atoms with Gasteiger partial charge < -0.3 is 14.6 Å². The van der Waals surface area contributed by atoms with E-state index in [0.717, 1.165) is 25.7 Å². The Kier molecular flexibility index (Phi) is 3.50. The standard InChI is InChI=1S/C9H18O3/c1-11-7-9(10)6-4-3-5-8(9)12-2/h8,10H,3-7H2,1-2H3. The molecule has 3 nitrogen and oxygen atoms in total. The molecule has 1 aliphatic carbocycles. The van der Waals surface area contributed by atoms with Gasteiger partial charge in [0.2, 0.25) is 0 Å². The van der Waals surface area contributed by atoms with Crippen LogP contribution in [0, 0.1) is 0 Å². The van der Waals surface area contributed by atoms with Crippen molar-refractivity contribution in [3.05, 3.63) is 0 Å². The van der Waals surface area contributed by atoms with E-state index in [9.17, 15) is 5.11 Å². The van der Waals surface area contributed by atoms with Crippen LogP contribution in [-0.4, -0.2) is 37.6 Å². The minimum absolute atomic E-state index is 0.0498. The molecule has 1 N–H and O–H groups in total. The highest BCUT2D eigenvalue weighted by Gasteiger charge is 2.39. The average Bonchev–Trinajstić information content (AvgIpc) is 2.05. The zero-order chi connectivity index (χ0) is 9.03. The lowest BCUT2D eigenvalue weighted by atomic mass is 9.83. The molecule has 1 fully saturated rings. The van der Waals surface area contributed by atoms with Crippen LogP contribution in [0.15, 0.2) is 0 Å². The molecule has 0 heterocycles. The molecule has 12 heavy (non-hydrogen) atoms. The fourth-order valence-electron chi connectivity index (χ4n) is 1.94. The maximum atomic E-state index is 10.1. The van der Waals surface area contributed by atoms with Crippen LogP contribution >= 0.6 is 0 Å². The normalized spacial score (nSPS) is 36.8. The van der Waals surface area contributed by atoms with E-state index >= 15 is 0 Å². The zero-order valence-corrected chi connectivity index (χ0v) is 7.88. The third-order valence-corrected chi connectivity index (χ3v) is 2.60. The van der Waals surface area contributed by atoms with Crippen molar-refractivity contribution < 1.29 is 14.6 Å². The van der Waals surface area contributed by atoms with E-state index in [0.29, 0.717) is 6.61 Å². The molecule has 2 atom stereocenters. The minimum Gasteiger partial charge on any atom is -0.385 e. The first-order chi connectivity index (χ1) is 5.73. The number of hydrogen-bond donors (Lipinski definition) is 1. The summed E-state index contributed by atoms with van der Waals surface area (Å²) in [5.74, 6) is 0. The van der Waals surface area contributed by atoms with Crippen molar-refractivity contribution in [1.29, 1.82) is 0 Å². The SMILES string of the molecule is COCC1(O)CCCCC1OC. The first-order valence-electron chi connectivity index (χ1n) is 4.47. The summed E-state index contributed by atoms with van der Waals surface area (Å²) >= 11 is 0. The number of hydrogen-bond acceptors (Lipinski definition) is 3. The van der Waals surface area contributed by atoms with Gasteiger partial charge >= 0.3 is 0 Å². The second kappa shape index (κ2) is 4.21. The Morgan fingerprint density at radius 1 is 1.42 bits per heavy atom. The topological polar surface area (TPSA) is 38.7 Å². The van der Waals surface area contributed by atoms with Crippen LogP contribution in [0.5, 0.6) is 0 Å². The van der Waals surface area contributed by atoms with Crippen molar-refractivity contribution in [1.82, 2.24) is 0 Å². The molecule has 0 aromatic rings. The summed E-state index contributed by atoms with van der Waals surface area (Å²) in [5, 5.41) is 10.1. The van der Waals surface area contributed by atoms with Gasteiger partial charge in [-0.2, -0.15) is 0 Å². The average molecular weight is 174 g/mol. The maximum Gasteiger partial charge on any atom is 0.114 e. The monoisotopic (exact) mass is 174 g/mol. The second-order valence-corrected chi connectivity index (χ2v) is 3.51. The molecule has 3 heteroatoms. The van der Waals surface area contributed by atoms with Crippen molar-refractivity contribution in [2.24, 2.45) is 0 Å². The van der Waals surface area contributed by atoms with Gasteiger partial charge in [0.15, 0.2) is 0 Å². The van der Waals surface area contributed by atoms with Gasteiger partial charge in [0.1, 0.15) is 5.60 Å². The van der Waals surface area contributed by atoms with E-state index in [1.165, 1.54) is 0 Å². The number of rotatable bonds is 3. The van der Waals surface area contributed by atoms with Crippen LogP contribution in [0.2, 0.25) is 0 Å². The van der Waals surface area contributed by atoms with Gasteiger partial charge in [-0.15, -0.1) is 0 Å². The van der Waals surface area contributed by atoms with Crippen LogP contribution in [0.25, 0.3) is 0 Å². The summed E-state index contributed by atoms with van der Waals surface area (Å²) in [6.45, 7) is 0.380. The molecular formula is C9H18O3. The molecule has 0 radical (unpaired) electrons. The van der Waals surface area contributed by atoms with Gasteiger partial charge in [-0.1, -0.05) is 12.8 Å². The lowest BCUT2D eigenvalue weighted by molar-refractivity contribution is -0.145. The highest BCUT2D eigenvalue weighted by Crippen LogP contribution is 2.30. The molecular weight excluding hydrogens is 156 g/mol. The van der Waals surface area contributed by atoms with E-state index < -0.39 is 5.60 Å². The van der Waals surface area contributed by atoms with E-state index in [1.54, 1.807) is 14.2 Å². The van der Waals surface area contributed by atoms with Crippen molar-refractivity contribution in [3.8, 4) is 0 Å². The Morgan fingerprint density at radius 3 is 2.75 bits per heavy atom. The summed E-state index contributed by atoms with van der Waals surface area (Å²) in [6, 6.07) is 0. The molecule has 2 unspecified atom stereocenters. The van der Waals surface area contributed by atoms with Crippen LogP contribution in [-0.2, 0) is 9.47 Å². The van der Waals surface area contributed by atoms with Crippen LogP contribution < -0.4 is 0 Å². The molecule has 0 amide bonds. The first-order valence-corrected chi connectivity index (χ1v) is 4.47. The van der Waals surface area contributed by atoms with Crippen molar-refractivity contribution >= 4 is 0 Å². The van der Waals surface area contributed by atoms with E-state index in [1.807, 2.05) is 0 Å². The predicted octanol–water partition coefficient (Wildman–Crippen LogP) is 0.953. The van der Waals surface area contributed by atoms with Crippen molar-refractivity contribution in [2.75, 3.05) is 20.8 Å². The third kappa shape index (κ3) is 1.97. The quantitative estimate of drug-likeness (QED) is 0.692. The Morgan fingerprint density at radius 2 is 2.17 bits per heavy atom. The minimum atomic E-state index is -0.748. The predicted molar refractivity (Wildman–Crippen MR) is 46.1 cm³/mol. The van der Waals surface area contributed by atoms with Gasteiger partial charge in [0.25, 0.3) is 0 Å². The lowest BCUT2D eigenvalue weighted by Gasteiger charge is -2.38. The van der Waals surface area contributed by atoms with E-state index in [-0.39, 0.29) is 6.10 Å². The zero-order valence-electron chi connectivity index (χ0n) is 7.88. The first kappa shape index (κ1) is 9.96. The molecule has 0 spiro atoms. The highest BCUT2D eigenvalue weighted by atomic mass is 16.5. The Hall–Kier alpha value is -0.120. The number of aliphatic hydroxyl groups is 1. The van der Waals surface area contributed by atoms with Gasteiger partial charge in [0.05, 0.1) is 12.7 Å². The smallest absolute Gasteiger partial charge is 0.114 e. The fraction of sp³-hybridized carbons (Fsp3) is 1.00. The third-order valence-electron chi connectivity index (χ3n) is 2.60. The summed E-state index contributed by atoms with van der Waals surface area (Å²) < 4.78 is 10.2. The second-order valence-electron chi connectivity index (χ2n) is 3.51. The van der Waals surface area contributed by atoms with Gasteiger partial charge in [-0.3, -0.25) is 0 Å². The maximum absolute atomic E-state index is 10.1. The van der Waals surface area contributed by atoms with E-state index in [4.69, 9.17) is 9.47 Å². The molecule has 0 bridgehead atoms. The Bertz CT molecular complexity index is 134. The van der Waals surface area contributed by atoms with Crippen LogP contribution in [0.4, 0.5) is 0 Å². The largest absolute Gasteiger partial charge is 0.385 e. The van der Waals surface area contributed by atoms with Gasteiger partial charge in [-0.25, -0.2) is 0 Å². The molecule has 0 aliphatic heterocycles. The Balaban J connectivity index is 2.55. The molecule has 0 saturated heterocycles. The number of ether oxygens (including phenoxy) is 2. The number of methoxy groups -OCH3 is 2. The van der Waals surface area contributed by atoms with Crippen LogP contribution in [0.3, 0.4) is 0 Å². The Labute approximate surface area is 73.7 Å². The summed E-state index contributed by atoms with van der Waals surface area (Å²) in [4.78, 5) is 0. The molecule has 1 rings (SSSR count). The van der Waals surface area contributed by atoms with Crippen molar-refractivity contribution in [3.63, 3.8) is 0 Å². The van der Waals surface area contributed by atoms with Crippen LogP contribution in [0.1, 0.15) is 25.7 Å². The lowest BCUT2D eigenvalue weighted by Crippen LogP contribution is -2.49. The summed E-state index contributed by atoms with van der Waals surface area (Å²) in [5.41, 5.74) is -0.748. The van der Waals surface area contributed by atoms with Gasteiger partial charge in [0, 0.05) is 14.2 Å². The highest BCUT2D eigenvalue weighted by molar-refractivity contribution is 4.90.